The van der Waals surface area contributed by atoms with Crippen molar-refractivity contribution in [1.82, 2.24) is 5.32 Å². The number of amides is 2. The molecular weight excluding hydrogens is 300 g/mol. The zero-order chi connectivity index (χ0) is 15.9. The zero-order valence-corrected chi connectivity index (χ0v) is 13.7. The Morgan fingerprint density at radius 2 is 2.00 bits per heavy atom. The van der Waals surface area contributed by atoms with E-state index in [1.807, 2.05) is 6.92 Å². The first-order valence-electron chi connectivity index (χ1n) is 7.97. The van der Waals surface area contributed by atoms with Gasteiger partial charge in [-0.1, -0.05) is 31.4 Å². The number of hydrogen-bond acceptors (Lipinski definition) is 2. The van der Waals surface area contributed by atoms with E-state index in [0.29, 0.717) is 35.2 Å². The third-order valence-electron chi connectivity index (χ3n) is 3.99. The molecule has 2 N–H and O–H groups in total. The molecule has 0 radical (unpaired) electrons. The van der Waals surface area contributed by atoms with Gasteiger partial charge in [0.15, 0.2) is 0 Å². The van der Waals surface area contributed by atoms with Crippen LogP contribution in [0.4, 0.5) is 5.69 Å². The van der Waals surface area contributed by atoms with Gasteiger partial charge in [0.25, 0.3) is 5.91 Å². The quantitative estimate of drug-likeness (QED) is 0.831. The van der Waals surface area contributed by atoms with E-state index >= 15 is 0 Å². The van der Waals surface area contributed by atoms with Gasteiger partial charge in [0.2, 0.25) is 5.91 Å². The van der Waals surface area contributed by atoms with Gasteiger partial charge in [0, 0.05) is 18.5 Å². The van der Waals surface area contributed by atoms with Crippen molar-refractivity contribution in [3.63, 3.8) is 0 Å². The molecule has 0 bridgehead atoms. The van der Waals surface area contributed by atoms with Gasteiger partial charge in [-0.25, -0.2) is 0 Å². The summed E-state index contributed by atoms with van der Waals surface area (Å²) in [4.78, 5) is 24.1. The van der Waals surface area contributed by atoms with E-state index < -0.39 is 0 Å². The Morgan fingerprint density at radius 3 is 2.68 bits per heavy atom. The molecule has 1 aromatic rings. The van der Waals surface area contributed by atoms with Crippen molar-refractivity contribution in [1.29, 1.82) is 0 Å². The normalized spacial score (nSPS) is 14.8. The summed E-state index contributed by atoms with van der Waals surface area (Å²) in [7, 11) is 0. The summed E-state index contributed by atoms with van der Waals surface area (Å²) >= 11 is 6.12. The van der Waals surface area contributed by atoms with Crippen molar-refractivity contribution in [3.8, 4) is 0 Å². The van der Waals surface area contributed by atoms with Crippen LogP contribution in [0.2, 0.25) is 5.02 Å². The molecule has 1 fully saturated rings. The third kappa shape index (κ3) is 4.73. The lowest BCUT2D eigenvalue weighted by Crippen LogP contribution is -2.24. The highest BCUT2D eigenvalue weighted by molar-refractivity contribution is 6.33. The summed E-state index contributed by atoms with van der Waals surface area (Å²) in [6.45, 7) is 2.63. The molecule has 0 heterocycles. The molecule has 22 heavy (non-hydrogen) atoms. The van der Waals surface area contributed by atoms with Crippen LogP contribution in [0.3, 0.4) is 0 Å². The predicted octanol–water partition coefficient (Wildman–Crippen LogP) is 4.00. The van der Waals surface area contributed by atoms with E-state index in [1.165, 1.54) is 12.8 Å². The molecule has 1 aliphatic rings. The molecule has 0 aliphatic heterocycles. The zero-order valence-electron chi connectivity index (χ0n) is 13.0. The highest BCUT2D eigenvalue weighted by Gasteiger charge is 2.19. The van der Waals surface area contributed by atoms with Crippen LogP contribution in [0.15, 0.2) is 18.2 Å². The fourth-order valence-corrected chi connectivity index (χ4v) is 2.95. The molecule has 2 amide bonds. The van der Waals surface area contributed by atoms with Crippen LogP contribution in [0.5, 0.6) is 0 Å². The molecule has 2 rings (SSSR count). The topological polar surface area (TPSA) is 58.2 Å². The van der Waals surface area contributed by atoms with Crippen LogP contribution in [0.25, 0.3) is 0 Å². The smallest absolute Gasteiger partial charge is 0.251 e. The third-order valence-corrected chi connectivity index (χ3v) is 4.32. The number of nitrogens with one attached hydrogen (secondary N) is 2. The molecule has 120 valence electrons. The molecule has 0 atom stereocenters. The summed E-state index contributed by atoms with van der Waals surface area (Å²) in [5.74, 6) is 0.305. The fraction of sp³-hybridized carbons (Fsp3) is 0.529. The predicted molar refractivity (Wildman–Crippen MR) is 89.3 cm³/mol. The highest BCUT2D eigenvalue weighted by Crippen LogP contribution is 2.29. The Balaban J connectivity index is 1.99. The Labute approximate surface area is 136 Å². The molecule has 0 aromatic heterocycles. The van der Waals surface area contributed by atoms with Crippen molar-refractivity contribution in [2.45, 2.75) is 45.4 Å². The van der Waals surface area contributed by atoms with Crippen LogP contribution >= 0.6 is 11.6 Å². The minimum Gasteiger partial charge on any atom is -0.352 e. The highest BCUT2D eigenvalue weighted by atomic mass is 35.5. The number of hydrogen-bond donors (Lipinski definition) is 2. The fourth-order valence-electron chi connectivity index (χ4n) is 2.78. The number of halogens is 1. The summed E-state index contributed by atoms with van der Waals surface area (Å²) < 4.78 is 0. The van der Waals surface area contributed by atoms with Crippen molar-refractivity contribution >= 4 is 29.1 Å². The number of benzene rings is 1. The van der Waals surface area contributed by atoms with Crippen LogP contribution in [0.1, 0.15) is 55.8 Å². The van der Waals surface area contributed by atoms with E-state index in [4.69, 9.17) is 11.6 Å². The molecule has 1 aliphatic carbocycles. The largest absolute Gasteiger partial charge is 0.352 e. The first-order chi connectivity index (χ1) is 10.6. The minimum absolute atomic E-state index is 0.0279. The van der Waals surface area contributed by atoms with Gasteiger partial charge in [-0.05, 0) is 43.4 Å². The molecule has 5 heteroatoms. The van der Waals surface area contributed by atoms with Gasteiger partial charge in [-0.15, -0.1) is 0 Å². The summed E-state index contributed by atoms with van der Waals surface area (Å²) in [5, 5.41) is 6.10. The summed E-state index contributed by atoms with van der Waals surface area (Å²) in [6.07, 6.45) is 6.09. The van der Waals surface area contributed by atoms with E-state index in [0.717, 1.165) is 19.3 Å². The van der Waals surface area contributed by atoms with Crippen molar-refractivity contribution in [3.05, 3.63) is 28.8 Å². The van der Waals surface area contributed by atoms with Gasteiger partial charge in [0.05, 0.1) is 10.7 Å². The summed E-state index contributed by atoms with van der Waals surface area (Å²) in [6, 6.07) is 4.95. The molecule has 0 saturated heterocycles. The van der Waals surface area contributed by atoms with Crippen LogP contribution in [-0.4, -0.2) is 18.4 Å². The van der Waals surface area contributed by atoms with Gasteiger partial charge in [-0.3, -0.25) is 9.59 Å². The van der Waals surface area contributed by atoms with Gasteiger partial charge >= 0.3 is 0 Å². The number of carbonyl (C=O) groups is 2. The molecule has 4 nitrogen and oxygen atoms in total. The van der Waals surface area contributed by atoms with E-state index in [2.05, 4.69) is 10.6 Å². The number of carbonyl (C=O) groups excluding carboxylic acids is 2. The second kappa shape index (κ2) is 8.18. The molecule has 0 unspecified atom stereocenters. The van der Waals surface area contributed by atoms with Crippen molar-refractivity contribution in [2.75, 3.05) is 11.9 Å². The lowest BCUT2D eigenvalue weighted by Gasteiger charge is -2.12. The first kappa shape index (κ1) is 16.8. The monoisotopic (exact) mass is 322 g/mol. The lowest BCUT2D eigenvalue weighted by atomic mass is 10.0. The molecule has 1 aromatic carbocycles. The maximum absolute atomic E-state index is 12.1. The minimum atomic E-state index is -0.148. The first-order valence-corrected chi connectivity index (χ1v) is 8.35. The second-order valence-electron chi connectivity index (χ2n) is 5.85. The van der Waals surface area contributed by atoms with Crippen molar-refractivity contribution < 1.29 is 9.59 Å². The number of rotatable bonds is 6. The van der Waals surface area contributed by atoms with Gasteiger partial charge in [-0.2, -0.15) is 0 Å². The Hall–Kier alpha value is -1.55. The van der Waals surface area contributed by atoms with E-state index in [9.17, 15) is 9.59 Å². The molecular formula is C17H23ClN2O2. The maximum Gasteiger partial charge on any atom is 0.251 e. The Morgan fingerprint density at radius 1 is 1.27 bits per heavy atom. The summed E-state index contributed by atoms with van der Waals surface area (Å²) in [5.41, 5.74) is 1.02. The molecule has 0 spiro atoms. The van der Waals surface area contributed by atoms with Crippen molar-refractivity contribution in [2.24, 2.45) is 5.92 Å². The van der Waals surface area contributed by atoms with Gasteiger partial charge < -0.3 is 10.6 Å². The average molecular weight is 323 g/mol. The van der Waals surface area contributed by atoms with Crippen LogP contribution in [0, 0.1) is 5.92 Å². The van der Waals surface area contributed by atoms with E-state index in [-0.39, 0.29) is 11.8 Å². The SMILES string of the molecule is CCCNC(=O)c1ccc(Cl)c(NC(=O)CC2CCCC2)c1. The Bertz CT molecular complexity index is 539. The average Bonchev–Trinajstić information content (AvgIpc) is 2.99. The van der Waals surface area contributed by atoms with Gasteiger partial charge in [0.1, 0.15) is 0 Å². The van der Waals surface area contributed by atoms with Crippen LogP contribution < -0.4 is 10.6 Å². The second-order valence-corrected chi connectivity index (χ2v) is 6.26. The number of anilines is 1. The maximum atomic E-state index is 12.1. The molecule has 1 saturated carbocycles. The lowest BCUT2D eigenvalue weighted by molar-refractivity contribution is -0.117. The van der Waals surface area contributed by atoms with E-state index in [1.54, 1.807) is 18.2 Å². The van der Waals surface area contributed by atoms with Crippen LogP contribution in [-0.2, 0) is 4.79 Å². The standard InChI is InChI=1S/C17H23ClN2O2/c1-2-9-19-17(22)13-7-8-14(18)15(11-13)20-16(21)10-12-5-3-4-6-12/h7-8,11-12H,2-6,9-10H2,1H3,(H,19,22)(H,20,21). The Kier molecular flexibility index (Phi) is 6.25.